The highest BCUT2D eigenvalue weighted by atomic mass is 32.2. The molecular weight excluding hydrogens is 188 g/mol. The van der Waals surface area contributed by atoms with Gasteiger partial charge in [-0.1, -0.05) is 38.1 Å². The van der Waals surface area contributed by atoms with E-state index >= 15 is 0 Å². The highest BCUT2D eigenvalue weighted by molar-refractivity contribution is 7.93. The molecule has 0 bridgehead atoms. The average Bonchev–Trinajstić information content (AvgIpc) is 2.17. The van der Waals surface area contributed by atoms with E-state index in [9.17, 15) is 0 Å². The lowest BCUT2D eigenvalue weighted by molar-refractivity contribution is -0.463. The first-order valence-corrected chi connectivity index (χ1v) is 5.99. The number of hydrogen-bond donors (Lipinski definition) is 0. The van der Waals surface area contributed by atoms with Gasteiger partial charge in [-0.25, -0.2) is 4.89 Å². The minimum Gasteiger partial charge on any atom is -0.205 e. The SMILES string of the molecule is CCCCC(CC)COOOSC. The molecule has 0 aromatic rings. The predicted molar refractivity (Wildman–Crippen MR) is 54.9 cm³/mol. The quantitative estimate of drug-likeness (QED) is 0.251. The molecule has 13 heavy (non-hydrogen) atoms. The van der Waals surface area contributed by atoms with E-state index in [1.807, 2.05) is 0 Å². The molecule has 0 saturated carbocycles. The van der Waals surface area contributed by atoms with Gasteiger partial charge in [-0.05, 0) is 12.3 Å². The van der Waals surface area contributed by atoms with Gasteiger partial charge in [0, 0.05) is 18.3 Å². The lowest BCUT2D eigenvalue weighted by Crippen LogP contribution is -2.08. The first-order chi connectivity index (χ1) is 6.35. The van der Waals surface area contributed by atoms with Gasteiger partial charge < -0.3 is 0 Å². The van der Waals surface area contributed by atoms with Crippen LogP contribution >= 0.6 is 12.0 Å². The summed E-state index contributed by atoms with van der Waals surface area (Å²) in [5.41, 5.74) is 0. The monoisotopic (exact) mass is 208 g/mol. The third kappa shape index (κ3) is 8.56. The molecule has 0 aliphatic heterocycles. The molecule has 0 heterocycles. The smallest absolute Gasteiger partial charge is 0.0882 e. The first kappa shape index (κ1) is 13.2. The fourth-order valence-electron chi connectivity index (χ4n) is 1.07. The van der Waals surface area contributed by atoms with Crippen molar-refractivity contribution in [2.75, 3.05) is 12.9 Å². The topological polar surface area (TPSA) is 27.7 Å². The summed E-state index contributed by atoms with van der Waals surface area (Å²) in [4.78, 5) is 4.88. The third-order valence-electron chi connectivity index (χ3n) is 1.99. The van der Waals surface area contributed by atoms with Crippen LogP contribution in [-0.2, 0) is 14.3 Å². The minimum absolute atomic E-state index is 0.588. The van der Waals surface area contributed by atoms with Crippen LogP contribution in [0.15, 0.2) is 0 Å². The molecule has 0 N–H and O–H groups in total. The summed E-state index contributed by atoms with van der Waals surface area (Å²) in [5, 5.41) is 4.46. The predicted octanol–water partition coefficient (Wildman–Crippen LogP) is 3.36. The fourth-order valence-corrected chi connectivity index (χ4v) is 1.16. The van der Waals surface area contributed by atoms with Crippen LogP contribution in [0.3, 0.4) is 0 Å². The van der Waals surface area contributed by atoms with Crippen molar-refractivity contribution in [3.05, 3.63) is 0 Å². The van der Waals surface area contributed by atoms with Crippen LogP contribution < -0.4 is 0 Å². The molecule has 0 fully saturated rings. The van der Waals surface area contributed by atoms with Crippen molar-refractivity contribution < 1.29 is 14.3 Å². The standard InChI is InChI=1S/C9H20O3S/c1-4-6-7-9(5-2)8-10-11-12-13-3/h9H,4-8H2,1-3H3. The molecule has 80 valence electrons. The van der Waals surface area contributed by atoms with E-state index in [-0.39, 0.29) is 0 Å². The largest absolute Gasteiger partial charge is 0.205 e. The van der Waals surface area contributed by atoms with E-state index < -0.39 is 0 Å². The summed E-state index contributed by atoms with van der Waals surface area (Å²) in [6.45, 7) is 4.98. The van der Waals surface area contributed by atoms with Gasteiger partial charge in [0.25, 0.3) is 0 Å². The number of rotatable bonds is 9. The maximum absolute atomic E-state index is 4.88. The third-order valence-corrected chi connectivity index (χ3v) is 2.18. The number of hydrogen-bond acceptors (Lipinski definition) is 4. The average molecular weight is 208 g/mol. The summed E-state index contributed by atoms with van der Waals surface area (Å²) in [6, 6.07) is 0. The second-order valence-electron chi connectivity index (χ2n) is 3.00. The second-order valence-corrected chi connectivity index (χ2v) is 3.47. The van der Waals surface area contributed by atoms with Crippen molar-refractivity contribution in [2.45, 2.75) is 39.5 Å². The van der Waals surface area contributed by atoms with Crippen molar-refractivity contribution >= 4 is 12.0 Å². The van der Waals surface area contributed by atoms with E-state index in [1.54, 1.807) is 6.26 Å². The molecule has 0 spiro atoms. The van der Waals surface area contributed by atoms with Crippen LogP contribution in [0.4, 0.5) is 0 Å². The Labute approximate surface area is 85.2 Å². The molecule has 0 aromatic carbocycles. The second kappa shape index (κ2) is 10.3. The van der Waals surface area contributed by atoms with Gasteiger partial charge in [0.15, 0.2) is 0 Å². The summed E-state index contributed by atoms with van der Waals surface area (Å²) < 4.78 is 4.53. The Morgan fingerprint density at radius 2 is 2.08 bits per heavy atom. The maximum Gasteiger partial charge on any atom is 0.0882 e. The summed E-state index contributed by atoms with van der Waals surface area (Å²) in [7, 11) is 0. The van der Waals surface area contributed by atoms with E-state index in [1.165, 1.54) is 19.3 Å². The molecule has 0 radical (unpaired) electrons. The minimum atomic E-state index is 0.588. The molecule has 0 amide bonds. The molecule has 1 atom stereocenters. The Balaban J connectivity index is 3.25. The Bertz CT molecular complexity index is 101. The lowest BCUT2D eigenvalue weighted by Gasteiger charge is -2.12. The number of unbranched alkanes of at least 4 members (excludes halogenated alkanes) is 1. The van der Waals surface area contributed by atoms with Crippen LogP contribution in [0.1, 0.15) is 39.5 Å². The van der Waals surface area contributed by atoms with E-state index in [4.69, 9.17) is 4.89 Å². The molecule has 3 nitrogen and oxygen atoms in total. The van der Waals surface area contributed by atoms with Gasteiger partial charge in [-0.3, -0.25) is 0 Å². The summed E-state index contributed by atoms with van der Waals surface area (Å²) in [6.07, 6.45) is 6.60. The summed E-state index contributed by atoms with van der Waals surface area (Å²) in [5.74, 6) is 0.588. The van der Waals surface area contributed by atoms with Gasteiger partial charge in [0.1, 0.15) is 0 Å². The van der Waals surface area contributed by atoms with E-state index in [2.05, 4.69) is 23.2 Å². The zero-order chi connectivity index (χ0) is 9.94. The Morgan fingerprint density at radius 1 is 1.31 bits per heavy atom. The van der Waals surface area contributed by atoms with Crippen molar-refractivity contribution in [3.63, 3.8) is 0 Å². The Morgan fingerprint density at radius 3 is 2.62 bits per heavy atom. The molecule has 0 aromatic heterocycles. The lowest BCUT2D eigenvalue weighted by atomic mass is 10.0. The molecular formula is C9H20O3S. The highest BCUT2D eigenvalue weighted by Gasteiger charge is 2.06. The summed E-state index contributed by atoms with van der Waals surface area (Å²) >= 11 is 1.13. The molecule has 1 unspecified atom stereocenters. The molecule has 4 heteroatoms. The van der Waals surface area contributed by atoms with Crippen LogP contribution in [0, 0.1) is 5.92 Å². The normalized spacial score (nSPS) is 13.2. The van der Waals surface area contributed by atoms with Crippen molar-refractivity contribution in [3.8, 4) is 0 Å². The van der Waals surface area contributed by atoms with Crippen LogP contribution in [0.5, 0.6) is 0 Å². The van der Waals surface area contributed by atoms with E-state index in [0.29, 0.717) is 12.5 Å². The fraction of sp³-hybridized carbons (Fsp3) is 1.00. The van der Waals surface area contributed by atoms with Gasteiger partial charge in [-0.15, -0.1) is 4.33 Å². The van der Waals surface area contributed by atoms with E-state index in [0.717, 1.165) is 18.5 Å². The highest BCUT2D eigenvalue weighted by Crippen LogP contribution is 2.13. The van der Waals surface area contributed by atoms with Crippen LogP contribution in [0.2, 0.25) is 0 Å². The Kier molecular flexibility index (Phi) is 10.5. The van der Waals surface area contributed by atoms with Crippen molar-refractivity contribution in [2.24, 2.45) is 5.92 Å². The van der Waals surface area contributed by atoms with Gasteiger partial charge in [0.05, 0.1) is 6.61 Å². The van der Waals surface area contributed by atoms with Crippen molar-refractivity contribution in [1.29, 1.82) is 0 Å². The van der Waals surface area contributed by atoms with Crippen molar-refractivity contribution in [1.82, 2.24) is 0 Å². The van der Waals surface area contributed by atoms with Crippen LogP contribution in [0.25, 0.3) is 0 Å². The molecule has 0 saturated heterocycles. The zero-order valence-corrected chi connectivity index (χ0v) is 9.56. The van der Waals surface area contributed by atoms with Gasteiger partial charge in [0.2, 0.25) is 0 Å². The van der Waals surface area contributed by atoms with Gasteiger partial charge in [-0.2, -0.15) is 0 Å². The molecule has 0 aliphatic rings. The maximum atomic E-state index is 4.88. The molecule has 0 rings (SSSR count). The zero-order valence-electron chi connectivity index (χ0n) is 8.75. The molecule has 0 aliphatic carbocycles. The van der Waals surface area contributed by atoms with Crippen LogP contribution in [-0.4, -0.2) is 12.9 Å². The first-order valence-electron chi connectivity index (χ1n) is 4.84. The Hall–Kier alpha value is 0.230. The van der Waals surface area contributed by atoms with Gasteiger partial charge >= 0.3 is 0 Å².